The van der Waals surface area contributed by atoms with E-state index in [2.05, 4.69) is 20.3 Å². The molecule has 274 valence electrons. The summed E-state index contributed by atoms with van der Waals surface area (Å²) in [5, 5.41) is 14.5. The fraction of sp³-hybridized carbons (Fsp3) is 0.368. The molecular formula is C38H43N5O9. The molecule has 1 saturated heterocycles. The van der Waals surface area contributed by atoms with Crippen LogP contribution in [0.25, 0.3) is 11.2 Å². The fourth-order valence-corrected chi connectivity index (χ4v) is 6.24. The van der Waals surface area contributed by atoms with Crippen LogP contribution < -0.4 is 20.3 Å². The van der Waals surface area contributed by atoms with E-state index in [1.54, 1.807) is 35.2 Å². The van der Waals surface area contributed by atoms with E-state index in [0.29, 0.717) is 11.5 Å². The number of aromatic amines is 1. The Hall–Kier alpha value is -5.12. The molecule has 1 fully saturated rings. The number of benzene rings is 3. The Morgan fingerprint density at radius 3 is 2.13 bits per heavy atom. The van der Waals surface area contributed by atoms with E-state index < -0.39 is 35.7 Å². The van der Waals surface area contributed by atoms with E-state index in [1.807, 2.05) is 78.9 Å². The number of aliphatic hydroxyl groups excluding tert-OH is 1. The lowest BCUT2D eigenvalue weighted by atomic mass is 9.80. The van der Waals surface area contributed by atoms with Gasteiger partial charge in [0.25, 0.3) is 5.56 Å². The van der Waals surface area contributed by atoms with Crippen molar-refractivity contribution in [3.8, 4) is 11.5 Å². The molecule has 1 aliphatic heterocycles. The van der Waals surface area contributed by atoms with Gasteiger partial charge in [0.1, 0.15) is 35.4 Å². The Bertz CT molecular complexity index is 1950. The SMILES string of the molecule is COCCOC1C(O)[C@@H](COC(c2ccccc2)(c2ccc(OC)cc2)c2ccc(OC)cc2)O[C@H]1n1cnc2c(=O)[nH]c(NC(=O)C(C)C)nc21. The first-order valence-electron chi connectivity index (χ1n) is 16.9. The second-order valence-corrected chi connectivity index (χ2v) is 12.6. The minimum atomic E-state index is -1.19. The summed E-state index contributed by atoms with van der Waals surface area (Å²) < 4.78 is 37.4. The molecule has 52 heavy (non-hydrogen) atoms. The van der Waals surface area contributed by atoms with Gasteiger partial charge in [0.05, 0.1) is 40.4 Å². The number of hydrogen-bond acceptors (Lipinski definition) is 11. The van der Waals surface area contributed by atoms with Gasteiger partial charge in [-0.25, -0.2) is 4.98 Å². The number of H-pyrrole nitrogens is 1. The minimum absolute atomic E-state index is 0.0260. The molecule has 2 unspecified atom stereocenters. The number of carbonyl (C=O) groups excluding carboxylic acids is 1. The van der Waals surface area contributed by atoms with Crippen LogP contribution in [0.4, 0.5) is 5.95 Å². The van der Waals surface area contributed by atoms with Gasteiger partial charge >= 0.3 is 0 Å². The van der Waals surface area contributed by atoms with Crippen LogP contribution in [0, 0.1) is 5.92 Å². The second-order valence-electron chi connectivity index (χ2n) is 12.6. The van der Waals surface area contributed by atoms with Crippen LogP contribution in [0.1, 0.15) is 36.8 Å². The molecule has 0 spiro atoms. The predicted octanol–water partition coefficient (Wildman–Crippen LogP) is 4.03. The van der Waals surface area contributed by atoms with E-state index in [9.17, 15) is 14.7 Å². The molecule has 0 aliphatic carbocycles. The Labute approximate surface area is 300 Å². The molecule has 3 aromatic carbocycles. The summed E-state index contributed by atoms with van der Waals surface area (Å²) in [7, 11) is 4.77. The highest BCUT2D eigenvalue weighted by molar-refractivity contribution is 5.91. The number of imidazole rings is 1. The maximum absolute atomic E-state index is 13.0. The number of aliphatic hydroxyl groups is 1. The van der Waals surface area contributed by atoms with Crippen LogP contribution in [-0.2, 0) is 29.3 Å². The van der Waals surface area contributed by atoms with Crippen molar-refractivity contribution in [2.75, 3.05) is 46.5 Å². The van der Waals surface area contributed by atoms with Crippen molar-refractivity contribution in [1.82, 2.24) is 19.5 Å². The second kappa shape index (κ2) is 16.0. The van der Waals surface area contributed by atoms with Gasteiger partial charge in [-0.15, -0.1) is 0 Å². The molecule has 5 aromatic rings. The molecule has 6 rings (SSSR count). The van der Waals surface area contributed by atoms with Gasteiger partial charge in [0, 0.05) is 13.0 Å². The molecule has 0 bridgehead atoms. The molecule has 0 radical (unpaired) electrons. The average Bonchev–Trinajstić information content (AvgIpc) is 3.73. The number of nitrogens with zero attached hydrogens (tertiary/aromatic N) is 3. The summed E-state index contributed by atoms with van der Waals surface area (Å²) >= 11 is 0. The fourth-order valence-electron chi connectivity index (χ4n) is 6.24. The Morgan fingerprint density at radius 2 is 1.56 bits per heavy atom. The highest BCUT2D eigenvalue weighted by Crippen LogP contribution is 2.43. The molecule has 14 nitrogen and oxygen atoms in total. The number of rotatable bonds is 15. The number of nitrogens with one attached hydrogen (secondary N) is 2. The number of ether oxygens (including phenoxy) is 6. The summed E-state index contributed by atoms with van der Waals surface area (Å²) in [5.74, 6) is 0.647. The number of methoxy groups -OCH3 is 3. The zero-order chi connectivity index (χ0) is 36.8. The Kier molecular flexibility index (Phi) is 11.3. The summed E-state index contributed by atoms with van der Waals surface area (Å²) in [5.41, 5.74) is 0.887. The lowest BCUT2D eigenvalue weighted by Gasteiger charge is -2.37. The molecule has 1 amide bonds. The van der Waals surface area contributed by atoms with Gasteiger partial charge in [0.2, 0.25) is 11.9 Å². The predicted molar refractivity (Wildman–Crippen MR) is 191 cm³/mol. The highest BCUT2D eigenvalue weighted by atomic mass is 16.6. The largest absolute Gasteiger partial charge is 0.497 e. The van der Waals surface area contributed by atoms with Crippen LogP contribution in [0.3, 0.4) is 0 Å². The summed E-state index contributed by atoms with van der Waals surface area (Å²) in [6.45, 7) is 3.77. The van der Waals surface area contributed by atoms with Gasteiger partial charge < -0.3 is 33.5 Å². The van der Waals surface area contributed by atoms with Crippen LogP contribution in [0.2, 0.25) is 0 Å². The van der Waals surface area contributed by atoms with Crippen molar-refractivity contribution in [3.05, 3.63) is 112 Å². The summed E-state index contributed by atoms with van der Waals surface area (Å²) in [6.07, 6.45) is -2.64. The van der Waals surface area contributed by atoms with E-state index >= 15 is 0 Å². The number of anilines is 1. The van der Waals surface area contributed by atoms with Crippen molar-refractivity contribution in [3.63, 3.8) is 0 Å². The molecule has 0 saturated carbocycles. The molecule has 4 atom stereocenters. The van der Waals surface area contributed by atoms with Crippen LogP contribution in [-0.4, -0.2) is 90.0 Å². The Morgan fingerprint density at radius 1 is 0.942 bits per heavy atom. The van der Waals surface area contributed by atoms with Crippen molar-refractivity contribution < 1.29 is 38.3 Å². The number of hydrogen-bond donors (Lipinski definition) is 3. The van der Waals surface area contributed by atoms with Crippen molar-refractivity contribution in [2.24, 2.45) is 5.92 Å². The molecule has 3 heterocycles. The summed E-state index contributed by atoms with van der Waals surface area (Å²) in [4.78, 5) is 36.8. The smallest absolute Gasteiger partial charge is 0.280 e. The average molecular weight is 714 g/mol. The molecule has 1 aliphatic rings. The lowest BCUT2D eigenvalue weighted by Crippen LogP contribution is -2.40. The van der Waals surface area contributed by atoms with Gasteiger partial charge in [0.15, 0.2) is 17.4 Å². The van der Waals surface area contributed by atoms with Gasteiger partial charge in [-0.1, -0.05) is 68.4 Å². The van der Waals surface area contributed by atoms with Crippen LogP contribution in [0.5, 0.6) is 11.5 Å². The molecule has 3 N–H and O–H groups in total. The van der Waals surface area contributed by atoms with Crippen molar-refractivity contribution in [1.29, 1.82) is 0 Å². The molecular weight excluding hydrogens is 670 g/mol. The van der Waals surface area contributed by atoms with Gasteiger partial charge in [-0.05, 0) is 41.0 Å². The van der Waals surface area contributed by atoms with E-state index in [-0.39, 0.29) is 48.8 Å². The van der Waals surface area contributed by atoms with Gasteiger partial charge in [-0.3, -0.25) is 24.5 Å². The maximum Gasteiger partial charge on any atom is 0.280 e. The number of aromatic nitrogens is 4. The van der Waals surface area contributed by atoms with E-state index in [1.165, 1.54) is 10.9 Å². The summed E-state index contributed by atoms with van der Waals surface area (Å²) in [6, 6.07) is 25.0. The van der Waals surface area contributed by atoms with Crippen molar-refractivity contribution in [2.45, 2.75) is 44.0 Å². The van der Waals surface area contributed by atoms with E-state index in [4.69, 9.17) is 28.4 Å². The standard InChI is InChI=1S/C38H43N5O9/c1-23(2)34(45)41-37-40-33-30(35(46)42-37)39-22-43(33)36-32(50-20-19-47-3)31(44)29(52-36)21-51-38(24-9-7-6-8-10-24,25-11-15-27(48-4)16-12-25)26-13-17-28(49-5)18-14-26/h6-18,22-23,29,31-32,36,44H,19-21H2,1-5H3,(H2,40,41,42,45,46)/t29-,31?,32?,36-/m1/s1. The molecule has 14 heteroatoms. The first kappa shape index (κ1) is 36.7. The third-order valence-corrected chi connectivity index (χ3v) is 9.02. The number of amides is 1. The number of fused-ring (bicyclic) bond motifs is 1. The van der Waals surface area contributed by atoms with Gasteiger partial charge in [-0.2, -0.15) is 4.98 Å². The van der Waals surface area contributed by atoms with E-state index in [0.717, 1.165) is 16.7 Å². The monoisotopic (exact) mass is 713 g/mol. The Balaban J connectivity index is 1.40. The third kappa shape index (κ3) is 7.29. The first-order chi connectivity index (χ1) is 25.2. The highest BCUT2D eigenvalue weighted by Gasteiger charge is 2.48. The van der Waals surface area contributed by atoms with Crippen LogP contribution in [0.15, 0.2) is 90.0 Å². The van der Waals surface area contributed by atoms with Crippen LogP contribution >= 0.6 is 0 Å². The zero-order valence-corrected chi connectivity index (χ0v) is 29.6. The zero-order valence-electron chi connectivity index (χ0n) is 29.6. The van der Waals surface area contributed by atoms with Crippen molar-refractivity contribution >= 4 is 23.0 Å². The topological polar surface area (TPSA) is 168 Å². The lowest BCUT2D eigenvalue weighted by molar-refractivity contribution is -0.118. The maximum atomic E-state index is 13.0. The normalized spacial score (nSPS) is 18.9. The quantitative estimate of drug-likeness (QED) is 0.106. The number of carbonyl (C=O) groups is 1. The third-order valence-electron chi connectivity index (χ3n) is 9.02. The first-order valence-corrected chi connectivity index (χ1v) is 16.9. The molecule has 2 aromatic heterocycles. The minimum Gasteiger partial charge on any atom is -0.497 e.